The van der Waals surface area contributed by atoms with Crippen molar-refractivity contribution in [2.45, 2.75) is 37.9 Å². The van der Waals surface area contributed by atoms with E-state index in [0.717, 1.165) is 10.7 Å². The number of anilines is 1. The molecule has 34 heavy (non-hydrogen) atoms. The van der Waals surface area contributed by atoms with E-state index in [1.807, 2.05) is 0 Å². The standard InChI is InChI=1S/C21H17ClF3N5O4/c1-11(29-18(12-4-5-12)17(22)19(28-29)21(23,24)25)20(31)27-13-7-14(30(32)33)9-16(8-13)34-15-3-2-6-26-10-15/h2-3,6-12H,4-5H2,1H3,(H,27,31). The number of benzene rings is 1. The minimum atomic E-state index is -4.78. The Balaban J connectivity index is 1.62. The highest BCUT2D eigenvalue weighted by Gasteiger charge is 2.43. The van der Waals surface area contributed by atoms with Gasteiger partial charge >= 0.3 is 6.18 Å². The SMILES string of the molecule is CC(C(=O)Nc1cc(Oc2cccnc2)cc([N+](=O)[O-])c1)n1nc(C(F)(F)F)c(Cl)c1C1CC1. The highest BCUT2D eigenvalue weighted by molar-refractivity contribution is 6.32. The molecule has 2 heterocycles. The van der Waals surface area contributed by atoms with Crippen molar-refractivity contribution in [3.63, 3.8) is 0 Å². The Morgan fingerprint density at radius 1 is 1.32 bits per heavy atom. The Hall–Kier alpha value is -3.67. The van der Waals surface area contributed by atoms with E-state index >= 15 is 0 Å². The van der Waals surface area contributed by atoms with Crippen LogP contribution < -0.4 is 10.1 Å². The Morgan fingerprint density at radius 3 is 2.65 bits per heavy atom. The molecule has 1 unspecified atom stereocenters. The quantitative estimate of drug-likeness (QED) is 0.331. The molecule has 1 saturated carbocycles. The summed E-state index contributed by atoms with van der Waals surface area (Å²) in [7, 11) is 0. The molecular weight excluding hydrogens is 479 g/mol. The number of rotatable bonds is 7. The number of non-ortho nitro benzene ring substituents is 1. The van der Waals surface area contributed by atoms with Gasteiger partial charge in [-0.3, -0.25) is 24.6 Å². The summed E-state index contributed by atoms with van der Waals surface area (Å²) in [5.74, 6) is -0.579. The highest BCUT2D eigenvalue weighted by Crippen LogP contribution is 2.47. The lowest BCUT2D eigenvalue weighted by atomic mass is 10.2. The van der Waals surface area contributed by atoms with Crippen molar-refractivity contribution in [3.8, 4) is 11.5 Å². The average molecular weight is 496 g/mol. The van der Waals surface area contributed by atoms with Crippen LogP contribution in [0.4, 0.5) is 24.5 Å². The Bertz CT molecular complexity index is 1250. The smallest absolute Gasteiger partial charge is 0.436 e. The fraction of sp³-hybridized carbons (Fsp3) is 0.286. The van der Waals surface area contributed by atoms with Gasteiger partial charge < -0.3 is 10.1 Å². The maximum absolute atomic E-state index is 13.3. The number of carbonyl (C=O) groups is 1. The number of alkyl halides is 3. The zero-order valence-corrected chi connectivity index (χ0v) is 18.3. The predicted molar refractivity (Wildman–Crippen MR) is 115 cm³/mol. The molecule has 1 N–H and O–H groups in total. The second kappa shape index (κ2) is 8.93. The van der Waals surface area contributed by atoms with Gasteiger partial charge in [0.25, 0.3) is 5.69 Å². The minimum absolute atomic E-state index is 0.0206. The van der Waals surface area contributed by atoms with Gasteiger partial charge in [-0.05, 0) is 31.9 Å². The molecule has 0 aliphatic heterocycles. The number of nitrogens with zero attached hydrogens (tertiary/aromatic N) is 4. The van der Waals surface area contributed by atoms with Crippen molar-refractivity contribution in [2.24, 2.45) is 0 Å². The van der Waals surface area contributed by atoms with Crippen LogP contribution in [0, 0.1) is 10.1 Å². The Morgan fingerprint density at radius 2 is 2.06 bits per heavy atom. The van der Waals surface area contributed by atoms with Crippen molar-refractivity contribution >= 4 is 28.9 Å². The molecular formula is C21H17ClF3N5O4. The number of hydrogen-bond donors (Lipinski definition) is 1. The van der Waals surface area contributed by atoms with E-state index in [9.17, 15) is 28.1 Å². The molecule has 1 amide bonds. The lowest BCUT2D eigenvalue weighted by molar-refractivity contribution is -0.384. The first-order chi connectivity index (χ1) is 16.0. The van der Waals surface area contributed by atoms with Gasteiger partial charge in [-0.15, -0.1) is 0 Å². The van der Waals surface area contributed by atoms with E-state index in [1.54, 1.807) is 12.1 Å². The normalized spacial score (nSPS) is 14.5. The van der Waals surface area contributed by atoms with Gasteiger partial charge in [0.2, 0.25) is 5.91 Å². The van der Waals surface area contributed by atoms with E-state index < -0.39 is 33.8 Å². The largest absolute Gasteiger partial charge is 0.455 e. The molecule has 0 spiro atoms. The molecule has 0 bridgehead atoms. The van der Waals surface area contributed by atoms with Crippen LogP contribution in [0.2, 0.25) is 5.02 Å². The lowest BCUT2D eigenvalue weighted by Gasteiger charge is -2.16. The topological polar surface area (TPSA) is 112 Å². The second-order valence-corrected chi connectivity index (χ2v) is 8.07. The van der Waals surface area contributed by atoms with E-state index in [1.165, 1.54) is 31.5 Å². The molecule has 1 aliphatic rings. The monoisotopic (exact) mass is 495 g/mol. The Labute approximate surface area is 195 Å². The van der Waals surface area contributed by atoms with E-state index in [4.69, 9.17) is 16.3 Å². The summed E-state index contributed by atoms with van der Waals surface area (Å²) in [4.78, 5) is 27.5. The van der Waals surface area contributed by atoms with E-state index in [-0.39, 0.29) is 28.7 Å². The summed E-state index contributed by atoms with van der Waals surface area (Å²) in [5, 5.41) is 16.9. The van der Waals surface area contributed by atoms with Gasteiger partial charge in [-0.2, -0.15) is 18.3 Å². The molecule has 9 nitrogen and oxygen atoms in total. The minimum Gasteiger partial charge on any atom is -0.455 e. The van der Waals surface area contributed by atoms with Gasteiger partial charge in [-0.1, -0.05) is 11.6 Å². The van der Waals surface area contributed by atoms with Gasteiger partial charge in [0.05, 0.1) is 33.6 Å². The van der Waals surface area contributed by atoms with Gasteiger partial charge in [-0.25, -0.2) is 0 Å². The molecule has 13 heteroatoms. The van der Waals surface area contributed by atoms with Crippen molar-refractivity contribution in [2.75, 3.05) is 5.32 Å². The van der Waals surface area contributed by atoms with E-state index in [0.29, 0.717) is 18.6 Å². The maximum atomic E-state index is 13.3. The summed E-state index contributed by atoms with van der Waals surface area (Å²) >= 11 is 5.98. The van der Waals surface area contributed by atoms with E-state index in [2.05, 4.69) is 15.4 Å². The zero-order chi connectivity index (χ0) is 24.6. The second-order valence-electron chi connectivity index (χ2n) is 7.69. The first-order valence-electron chi connectivity index (χ1n) is 10.1. The van der Waals surface area contributed by atoms with Crippen LogP contribution in [0.5, 0.6) is 11.5 Å². The average Bonchev–Trinajstić information content (AvgIpc) is 3.54. The number of hydrogen-bond acceptors (Lipinski definition) is 6. The Kier molecular flexibility index (Phi) is 6.17. The van der Waals surface area contributed by atoms with Crippen LogP contribution in [0.25, 0.3) is 0 Å². The van der Waals surface area contributed by atoms with Crippen LogP contribution in [0.15, 0.2) is 42.7 Å². The molecule has 2 aromatic heterocycles. The van der Waals surface area contributed by atoms with Crippen LogP contribution in [-0.4, -0.2) is 25.6 Å². The number of pyridine rings is 1. The summed E-state index contributed by atoms with van der Waals surface area (Å²) in [6, 6.07) is 5.65. The summed E-state index contributed by atoms with van der Waals surface area (Å²) in [6.07, 6.45) is -0.581. The molecule has 1 atom stereocenters. The lowest BCUT2D eigenvalue weighted by Crippen LogP contribution is -2.26. The third-order valence-electron chi connectivity index (χ3n) is 5.11. The third-order valence-corrected chi connectivity index (χ3v) is 5.48. The first-order valence-corrected chi connectivity index (χ1v) is 10.5. The maximum Gasteiger partial charge on any atom is 0.436 e. The van der Waals surface area contributed by atoms with Crippen molar-refractivity contribution in [1.29, 1.82) is 0 Å². The molecule has 1 aliphatic carbocycles. The number of amides is 1. The van der Waals surface area contributed by atoms with Crippen molar-refractivity contribution < 1.29 is 27.6 Å². The zero-order valence-electron chi connectivity index (χ0n) is 17.5. The molecule has 3 aromatic rings. The third kappa shape index (κ3) is 4.96. The number of nitrogens with one attached hydrogen (secondary N) is 1. The van der Waals surface area contributed by atoms with Crippen molar-refractivity contribution in [1.82, 2.24) is 14.8 Å². The number of nitro benzene ring substituents is 1. The summed E-state index contributed by atoms with van der Waals surface area (Å²) < 4.78 is 46.6. The summed E-state index contributed by atoms with van der Waals surface area (Å²) in [6.45, 7) is 1.37. The fourth-order valence-electron chi connectivity index (χ4n) is 3.35. The molecule has 178 valence electrons. The van der Waals surface area contributed by atoms with Gasteiger partial charge in [0, 0.05) is 24.2 Å². The molecule has 1 fully saturated rings. The van der Waals surface area contributed by atoms with Crippen LogP contribution in [0.3, 0.4) is 0 Å². The summed E-state index contributed by atoms with van der Waals surface area (Å²) in [5.41, 5.74) is -1.44. The number of nitro groups is 1. The van der Waals surface area contributed by atoms with Crippen LogP contribution in [-0.2, 0) is 11.0 Å². The molecule has 4 rings (SSSR count). The molecule has 1 aromatic carbocycles. The van der Waals surface area contributed by atoms with Crippen molar-refractivity contribution in [3.05, 3.63) is 69.3 Å². The molecule has 0 saturated heterocycles. The number of halogens is 4. The number of aromatic nitrogens is 3. The van der Waals surface area contributed by atoms with Crippen LogP contribution >= 0.6 is 11.6 Å². The predicted octanol–water partition coefficient (Wildman–Crippen LogP) is 5.73. The van der Waals surface area contributed by atoms with Gasteiger partial charge in [0.1, 0.15) is 17.5 Å². The fourth-order valence-corrected chi connectivity index (χ4v) is 3.73. The number of ether oxygens (including phenoxy) is 1. The first kappa shape index (κ1) is 23.5. The van der Waals surface area contributed by atoms with Gasteiger partial charge in [0.15, 0.2) is 5.69 Å². The van der Waals surface area contributed by atoms with Crippen LogP contribution in [0.1, 0.15) is 43.1 Å². The molecule has 0 radical (unpaired) electrons. The highest BCUT2D eigenvalue weighted by atomic mass is 35.5. The number of carbonyl (C=O) groups excluding carboxylic acids is 1.